The molecule has 0 aliphatic carbocycles. The lowest BCUT2D eigenvalue weighted by Crippen LogP contribution is -2.25. The highest BCUT2D eigenvalue weighted by Gasteiger charge is 2.22. The smallest absolute Gasteiger partial charge is 0.125 e. The Labute approximate surface area is 116 Å². The molecule has 0 aliphatic heterocycles. The maximum absolute atomic E-state index is 9.90. The van der Waals surface area contributed by atoms with Crippen LogP contribution in [0.25, 0.3) is 0 Å². The average molecular weight is 266 g/mol. The molecule has 0 saturated carbocycles. The first kappa shape index (κ1) is 16.0. The second-order valence-electron chi connectivity index (χ2n) is 5.35. The lowest BCUT2D eigenvalue weighted by Gasteiger charge is -2.24. The quantitative estimate of drug-likeness (QED) is 0.832. The predicted octanol–water partition coefficient (Wildman–Crippen LogP) is 2.94. The molecule has 0 aliphatic rings. The van der Waals surface area contributed by atoms with Gasteiger partial charge in [0.15, 0.2) is 0 Å². The van der Waals surface area contributed by atoms with E-state index < -0.39 is 12.2 Å². The minimum atomic E-state index is -0.703. The Kier molecular flexibility index (Phi) is 5.83. The summed E-state index contributed by atoms with van der Waals surface area (Å²) in [5, 5.41) is 19.4. The third-order valence-electron chi connectivity index (χ3n) is 3.67. The number of benzene rings is 1. The van der Waals surface area contributed by atoms with Gasteiger partial charge in [-0.2, -0.15) is 0 Å². The molecular weight excluding hydrogens is 240 g/mol. The van der Waals surface area contributed by atoms with Gasteiger partial charge in [-0.05, 0) is 50.7 Å². The van der Waals surface area contributed by atoms with Crippen molar-refractivity contribution in [3.05, 3.63) is 28.8 Å². The van der Waals surface area contributed by atoms with Crippen molar-refractivity contribution in [1.29, 1.82) is 0 Å². The molecule has 108 valence electrons. The van der Waals surface area contributed by atoms with Gasteiger partial charge >= 0.3 is 0 Å². The van der Waals surface area contributed by atoms with Crippen LogP contribution in [-0.2, 0) is 0 Å². The molecule has 3 heteroatoms. The summed E-state index contributed by atoms with van der Waals surface area (Å²) in [5.74, 6) is 1.09. The number of aliphatic hydroxyl groups excluding tert-OH is 2. The molecule has 0 amide bonds. The van der Waals surface area contributed by atoms with Crippen LogP contribution in [0.2, 0.25) is 0 Å². The maximum atomic E-state index is 9.90. The summed E-state index contributed by atoms with van der Waals surface area (Å²) in [5.41, 5.74) is 3.43. The Balaban J connectivity index is 3.10. The molecule has 0 radical (unpaired) electrons. The van der Waals surface area contributed by atoms with Crippen LogP contribution in [0.1, 0.15) is 49.3 Å². The van der Waals surface area contributed by atoms with E-state index in [1.807, 2.05) is 6.92 Å². The Morgan fingerprint density at radius 1 is 1.21 bits per heavy atom. The number of rotatable bonds is 6. The van der Waals surface area contributed by atoms with Gasteiger partial charge in [-0.15, -0.1) is 0 Å². The number of aliphatic hydroxyl groups is 2. The van der Waals surface area contributed by atoms with Crippen molar-refractivity contribution in [1.82, 2.24) is 0 Å². The largest absolute Gasteiger partial charge is 0.496 e. The normalized spacial score (nSPS) is 15.9. The van der Waals surface area contributed by atoms with Crippen LogP contribution in [0.4, 0.5) is 0 Å². The van der Waals surface area contributed by atoms with E-state index >= 15 is 0 Å². The molecule has 19 heavy (non-hydrogen) atoms. The van der Waals surface area contributed by atoms with Crippen LogP contribution in [-0.4, -0.2) is 29.5 Å². The van der Waals surface area contributed by atoms with E-state index in [-0.39, 0.29) is 5.92 Å². The molecule has 1 aromatic carbocycles. The van der Waals surface area contributed by atoms with Crippen molar-refractivity contribution in [2.45, 2.75) is 58.7 Å². The second kappa shape index (κ2) is 6.92. The summed E-state index contributed by atoms with van der Waals surface area (Å²) < 4.78 is 5.51. The summed E-state index contributed by atoms with van der Waals surface area (Å²) in [6.07, 6.45) is 0.0534. The van der Waals surface area contributed by atoms with Crippen LogP contribution in [0.15, 0.2) is 12.1 Å². The van der Waals surface area contributed by atoms with Gasteiger partial charge in [-0.25, -0.2) is 0 Å². The highest BCUT2D eigenvalue weighted by molar-refractivity contribution is 5.45. The first-order chi connectivity index (χ1) is 8.90. The van der Waals surface area contributed by atoms with Crippen molar-refractivity contribution in [2.24, 2.45) is 0 Å². The summed E-state index contributed by atoms with van der Waals surface area (Å²) in [6, 6.07) is 4.22. The fourth-order valence-electron chi connectivity index (χ4n) is 2.57. The molecule has 0 fully saturated rings. The first-order valence-corrected chi connectivity index (χ1v) is 6.91. The van der Waals surface area contributed by atoms with Gasteiger partial charge in [-0.3, -0.25) is 0 Å². The van der Waals surface area contributed by atoms with E-state index in [1.165, 1.54) is 5.56 Å². The van der Waals surface area contributed by atoms with E-state index in [2.05, 4.69) is 26.0 Å². The lowest BCUT2D eigenvalue weighted by atomic mass is 9.87. The maximum Gasteiger partial charge on any atom is 0.125 e. The zero-order chi connectivity index (χ0) is 14.6. The number of ether oxygens (including phenoxy) is 1. The van der Waals surface area contributed by atoms with Crippen molar-refractivity contribution in [3.63, 3.8) is 0 Å². The zero-order valence-corrected chi connectivity index (χ0v) is 12.6. The molecule has 3 nitrogen and oxygen atoms in total. The van der Waals surface area contributed by atoms with Crippen LogP contribution in [0.5, 0.6) is 5.75 Å². The molecule has 0 spiro atoms. The van der Waals surface area contributed by atoms with Gasteiger partial charge in [0.2, 0.25) is 0 Å². The van der Waals surface area contributed by atoms with Crippen molar-refractivity contribution < 1.29 is 14.9 Å². The predicted molar refractivity (Wildman–Crippen MR) is 77.8 cm³/mol. The second-order valence-corrected chi connectivity index (χ2v) is 5.35. The molecule has 3 atom stereocenters. The van der Waals surface area contributed by atoms with Crippen molar-refractivity contribution >= 4 is 0 Å². The summed E-state index contributed by atoms with van der Waals surface area (Å²) in [4.78, 5) is 0. The molecule has 0 heterocycles. The van der Waals surface area contributed by atoms with E-state index in [0.29, 0.717) is 6.42 Å². The number of aryl methyl sites for hydroxylation is 2. The number of hydrogen-bond acceptors (Lipinski definition) is 3. The third kappa shape index (κ3) is 3.95. The molecule has 3 unspecified atom stereocenters. The van der Waals surface area contributed by atoms with Crippen LogP contribution >= 0.6 is 0 Å². The number of methoxy groups -OCH3 is 1. The molecule has 0 bridgehead atoms. The van der Waals surface area contributed by atoms with Crippen LogP contribution < -0.4 is 4.74 Å². The summed E-state index contributed by atoms with van der Waals surface area (Å²) in [7, 11) is 1.68. The van der Waals surface area contributed by atoms with Crippen molar-refractivity contribution in [3.8, 4) is 5.75 Å². The molecule has 1 rings (SSSR count). The van der Waals surface area contributed by atoms with Gasteiger partial charge in [0.1, 0.15) is 5.75 Å². The van der Waals surface area contributed by atoms with E-state index in [0.717, 1.165) is 23.3 Å². The fourth-order valence-corrected chi connectivity index (χ4v) is 2.57. The van der Waals surface area contributed by atoms with E-state index in [9.17, 15) is 10.2 Å². The fraction of sp³-hybridized carbons (Fsp3) is 0.625. The van der Waals surface area contributed by atoms with Gasteiger partial charge in [0.25, 0.3) is 0 Å². The third-order valence-corrected chi connectivity index (χ3v) is 3.67. The van der Waals surface area contributed by atoms with Gasteiger partial charge in [-0.1, -0.05) is 24.6 Å². The Hall–Kier alpha value is -1.06. The SMILES string of the molecule is CCC(CC(O)C(C)O)c1cc(C)cc(C)c1OC. The standard InChI is InChI=1S/C16H26O3/c1-6-13(9-15(18)12(4)17)14-8-10(2)7-11(3)16(14)19-5/h7-8,12-13,15,17-18H,6,9H2,1-5H3. The Bertz CT molecular complexity index is 413. The Morgan fingerprint density at radius 3 is 2.32 bits per heavy atom. The van der Waals surface area contributed by atoms with Crippen molar-refractivity contribution in [2.75, 3.05) is 7.11 Å². The van der Waals surface area contributed by atoms with Crippen LogP contribution in [0.3, 0.4) is 0 Å². The van der Waals surface area contributed by atoms with Gasteiger partial charge in [0.05, 0.1) is 19.3 Å². The Morgan fingerprint density at radius 2 is 1.84 bits per heavy atom. The first-order valence-electron chi connectivity index (χ1n) is 6.91. The summed E-state index contributed by atoms with van der Waals surface area (Å²) in [6.45, 7) is 7.81. The highest BCUT2D eigenvalue weighted by atomic mass is 16.5. The monoisotopic (exact) mass is 266 g/mol. The lowest BCUT2D eigenvalue weighted by molar-refractivity contribution is 0.0214. The summed E-state index contributed by atoms with van der Waals surface area (Å²) >= 11 is 0. The minimum absolute atomic E-state index is 0.193. The topological polar surface area (TPSA) is 49.7 Å². The van der Waals surface area contributed by atoms with Crippen LogP contribution in [0, 0.1) is 13.8 Å². The van der Waals surface area contributed by atoms with E-state index in [1.54, 1.807) is 14.0 Å². The molecule has 0 aromatic heterocycles. The minimum Gasteiger partial charge on any atom is -0.496 e. The van der Waals surface area contributed by atoms with E-state index in [4.69, 9.17) is 4.74 Å². The average Bonchev–Trinajstić information content (AvgIpc) is 2.34. The molecule has 1 aromatic rings. The molecular formula is C16H26O3. The van der Waals surface area contributed by atoms with Gasteiger partial charge in [0, 0.05) is 0 Å². The molecule has 0 saturated heterocycles. The number of hydrogen-bond donors (Lipinski definition) is 2. The van der Waals surface area contributed by atoms with Gasteiger partial charge < -0.3 is 14.9 Å². The molecule has 2 N–H and O–H groups in total. The zero-order valence-electron chi connectivity index (χ0n) is 12.6. The highest BCUT2D eigenvalue weighted by Crippen LogP contribution is 2.35.